The Hall–Kier alpha value is -3.12. The number of hydrogen-bond acceptors (Lipinski definition) is 4. The van der Waals surface area contributed by atoms with E-state index in [0.717, 1.165) is 16.8 Å². The van der Waals surface area contributed by atoms with Crippen molar-refractivity contribution in [3.05, 3.63) is 87.5 Å². The van der Waals surface area contributed by atoms with Crippen molar-refractivity contribution in [1.29, 1.82) is 0 Å². The first-order chi connectivity index (χ1) is 13.0. The van der Waals surface area contributed by atoms with Gasteiger partial charge in [0.15, 0.2) is 5.82 Å². The molecule has 0 bridgehead atoms. The molecule has 7 heteroatoms. The zero-order valence-electron chi connectivity index (χ0n) is 15.2. The Kier molecular flexibility index (Phi) is 5.57. The number of fused-ring (bicyclic) bond motifs is 1. The molecule has 2 aromatic heterocycles. The highest BCUT2D eigenvalue weighted by atomic mass is 35.5. The Labute approximate surface area is 161 Å². The molecule has 0 saturated heterocycles. The molecule has 0 atom stereocenters. The Morgan fingerprint density at radius 2 is 2.07 bits per heavy atom. The van der Waals surface area contributed by atoms with Crippen molar-refractivity contribution < 1.29 is 0 Å². The van der Waals surface area contributed by atoms with Crippen LogP contribution >= 0.6 is 11.6 Å². The molecule has 0 saturated carbocycles. The maximum Gasteiger partial charge on any atom is 0.274 e. The van der Waals surface area contributed by atoms with E-state index in [9.17, 15) is 4.79 Å². The van der Waals surface area contributed by atoms with Crippen LogP contribution < -0.4 is 10.9 Å². The van der Waals surface area contributed by atoms with Gasteiger partial charge in [-0.3, -0.25) is 9.89 Å². The van der Waals surface area contributed by atoms with E-state index in [0.29, 0.717) is 28.9 Å². The van der Waals surface area contributed by atoms with E-state index in [1.807, 2.05) is 44.2 Å². The number of benzene rings is 1. The topological polar surface area (TPSA) is 75.1 Å². The number of allylic oxidation sites excluding steroid dienone is 4. The fourth-order valence-corrected chi connectivity index (χ4v) is 2.56. The Morgan fingerprint density at radius 1 is 1.33 bits per heavy atom. The number of aromatic amines is 1. The van der Waals surface area contributed by atoms with E-state index < -0.39 is 0 Å². The van der Waals surface area contributed by atoms with Crippen LogP contribution in [0.2, 0.25) is 5.02 Å². The third-order valence-electron chi connectivity index (χ3n) is 4.00. The highest BCUT2D eigenvalue weighted by Gasteiger charge is 2.10. The van der Waals surface area contributed by atoms with Crippen LogP contribution in [-0.4, -0.2) is 19.6 Å². The number of H-pyrrole nitrogens is 1. The first kappa shape index (κ1) is 18.7. The quantitative estimate of drug-likeness (QED) is 0.636. The van der Waals surface area contributed by atoms with Crippen LogP contribution in [0.3, 0.4) is 0 Å². The lowest BCUT2D eigenvalue weighted by Gasteiger charge is -2.09. The van der Waals surface area contributed by atoms with Gasteiger partial charge in [0.2, 0.25) is 0 Å². The van der Waals surface area contributed by atoms with Gasteiger partial charge in [-0.2, -0.15) is 9.50 Å². The third-order valence-corrected chi connectivity index (χ3v) is 4.25. The van der Waals surface area contributed by atoms with Crippen molar-refractivity contribution in [3.63, 3.8) is 0 Å². The maximum absolute atomic E-state index is 12.4. The molecule has 0 aliphatic rings. The Morgan fingerprint density at radius 3 is 2.78 bits per heavy atom. The van der Waals surface area contributed by atoms with Crippen LogP contribution in [0.4, 0.5) is 0 Å². The molecular formula is C20H20ClN5O. The molecule has 0 amide bonds. The number of nitrogens with zero attached hydrogens (tertiary/aromatic N) is 3. The molecule has 3 rings (SSSR count). The normalized spacial score (nSPS) is 12.0. The number of rotatable bonds is 6. The van der Waals surface area contributed by atoms with E-state index in [-0.39, 0.29) is 5.56 Å². The van der Waals surface area contributed by atoms with Gasteiger partial charge in [0.25, 0.3) is 11.3 Å². The molecule has 1 aromatic carbocycles. The van der Waals surface area contributed by atoms with Crippen molar-refractivity contribution in [2.45, 2.75) is 20.4 Å². The zero-order valence-corrected chi connectivity index (χ0v) is 15.9. The van der Waals surface area contributed by atoms with Crippen molar-refractivity contribution >= 4 is 17.4 Å². The minimum absolute atomic E-state index is 0.226. The Balaban J connectivity index is 1.83. The standard InChI is InChI=1S/C20H20ClN5O/c1-4-5-6-13(2)14(3)22-12-17-11-18(27)26-20(23-17)24-19(25-26)15-7-9-16(21)10-8-15/h4-11,22H,3,12H2,1-2H3,(H,23,24,25)/b5-4-,13-6-. The summed E-state index contributed by atoms with van der Waals surface area (Å²) in [6.45, 7) is 8.30. The lowest BCUT2D eigenvalue weighted by molar-refractivity contribution is 0.781. The lowest BCUT2D eigenvalue weighted by atomic mass is 10.2. The van der Waals surface area contributed by atoms with Crippen molar-refractivity contribution in [1.82, 2.24) is 24.9 Å². The van der Waals surface area contributed by atoms with Gasteiger partial charge >= 0.3 is 0 Å². The zero-order chi connectivity index (χ0) is 19.4. The summed E-state index contributed by atoms with van der Waals surface area (Å²) >= 11 is 5.91. The van der Waals surface area contributed by atoms with Gasteiger partial charge in [0.1, 0.15) is 0 Å². The van der Waals surface area contributed by atoms with E-state index in [1.165, 1.54) is 10.6 Å². The van der Waals surface area contributed by atoms with Crippen LogP contribution in [0.15, 0.2) is 71.2 Å². The predicted molar refractivity (Wildman–Crippen MR) is 109 cm³/mol. The lowest BCUT2D eigenvalue weighted by Crippen LogP contribution is -2.20. The van der Waals surface area contributed by atoms with Gasteiger partial charge in [-0.15, -0.1) is 0 Å². The number of aromatic nitrogens is 4. The fourth-order valence-electron chi connectivity index (χ4n) is 2.43. The number of hydrogen-bond donors (Lipinski definition) is 2. The summed E-state index contributed by atoms with van der Waals surface area (Å²) in [5.41, 5.74) is 2.97. The molecule has 3 aromatic rings. The highest BCUT2D eigenvalue weighted by Crippen LogP contribution is 2.18. The molecule has 0 unspecified atom stereocenters. The first-order valence-corrected chi connectivity index (χ1v) is 8.83. The SMILES string of the molecule is C=C(NCc1cc(=O)n2[nH]c(-c3ccc(Cl)cc3)nc2n1)/C(C)=C\C=C/C. The summed E-state index contributed by atoms with van der Waals surface area (Å²) < 4.78 is 1.32. The first-order valence-electron chi connectivity index (χ1n) is 8.45. The van der Waals surface area contributed by atoms with Crippen LogP contribution in [0, 0.1) is 0 Å². The van der Waals surface area contributed by atoms with Crippen molar-refractivity contribution in [3.8, 4) is 11.4 Å². The summed E-state index contributed by atoms with van der Waals surface area (Å²) in [5, 5.41) is 6.79. The summed E-state index contributed by atoms with van der Waals surface area (Å²) in [7, 11) is 0. The van der Waals surface area contributed by atoms with Crippen LogP contribution in [0.25, 0.3) is 17.2 Å². The van der Waals surface area contributed by atoms with Crippen LogP contribution in [-0.2, 0) is 6.54 Å². The average molecular weight is 382 g/mol. The Bertz CT molecular complexity index is 1090. The van der Waals surface area contributed by atoms with Gasteiger partial charge in [-0.1, -0.05) is 36.4 Å². The minimum Gasteiger partial charge on any atom is -0.380 e. The van der Waals surface area contributed by atoms with Gasteiger partial charge in [-0.05, 0) is 43.7 Å². The number of nitrogens with one attached hydrogen (secondary N) is 2. The summed E-state index contributed by atoms with van der Waals surface area (Å²) in [5.74, 6) is 0.868. The van der Waals surface area contributed by atoms with E-state index >= 15 is 0 Å². The van der Waals surface area contributed by atoms with Gasteiger partial charge in [-0.25, -0.2) is 4.98 Å². The molecule has 0 aliphatic carbocycles. The average Bonchev–Trinajstić information content (AvgIpc) is 3.09. The summed E-state index contributed by atoms with van der Waals surface area (Å²) in [6.07, 6.45) is 5.86. The van der Waals surface area contributed by atoms with Crippen LogP contribution in [0.1, 0.15) is 19.5 Å². The second-order valence-electron chi connectivity index (χ2n) is 6.01. The molecule has 0 spiro atoms. The maximum atomic E-state index is 12.4. The number of halogens is 1. The second-order valence-corrected chi connectivity index (χ2v) is 6.44. The smallest absolute Gasteiger partial charge is 0.274 e. The van der Waals surface area contributed by atoms with E-state index in [1.54, 1.807) is 12.1 Å². The fraction of sp³-hybridized carbons (Fsp3) is 0.150. The molecule has 27 heavy (non-hydrogen) atoms. The molecule has 0 aliphatic heterocycles. The minimum atomic E-state index is -0.226. The third kappa shape index (κ3) is 4.35. The molecule has 0 radical (unpaired) electrons. The molecular weight excluding hydrogens is 362 g/mol. The monoisotopic (exact) mass is 381 g/mol. The second kappa shape index (κ2) is 8.05. The molecule has 6 nitrogen and oxygen atoms in total. The van der Waals surface area contributed by atoms with Crippen LogP contribution in [0.5, 0.6) is 0 Å². The molecule has 2 N–H and O–H groups in total. The van der Waals surface area contributed by atoms with Gasteiger partial charge in [0, 0.05) is 22.3 Å². The summed E-state index contributed by atoms with van der Waals surface area (Å²) in [6, 6.07) is 8.67. The van der Waals surface area contributed by atoms with Crippen molar-refractivity contribution in [2.24, 2.45) is 0 Å². The van der Waals surface area contributed by atoms with Gasteiger partial charge < -0.3 is 5.32 Å². The largest absolute Gasteiger partial charge is 0.380 e. The molecule has 138 valence electrons. The van der Waals surface area contributed by atoms with Crippen molar-refractivity contribution in [2.75, 3.05) is 0 Å². The molecule has 2 heterocycles. The predicted octanol–water partition coefficient (Wildman–Crippen LogP) is 3.86. The van der Waals surface area contributed by atoms with E-state index in [2.05, 4.69) is 27.0 Å². The molecule has 0 fully saturated rings. The van der Waals surface area contributed by atoms with Gasteiger partial charge in [0.05, 0.1) is 12.2 Å². The summed E-state index contributed by atoms with van der Waals surface area (Å²) in [4.78, 5) is 21.2. The highest BCUT2D eigenvalue weighted by molar-refractivity contribution is 6.30. The van der Waals surface area contributed by atoms with E-state index in [4.69, 9.17) is 11.6 Å².